The molecule has 1 aromatic heterocycles. The maximum atomic E-state index is 11.3. The van der Waals surface area contributed by atoms with Crippen molar-refractivity contribution in [2.45, 2.75) is 33.7 Å². The Kier molecular flexibility index (Phi) is 7.77. The molecule has 3 nitrogen and oxygen atoms in total. The third-order valence-electron chi connectivity index (χ3n) is 6.98. The third kappa shape index (κ3) is 5.52. The van der Waals surface area contributed by atoms with Gasteiger partial charge in [0.15, 0.2) is 0 Å². The molecule has 0 radical (unpaired) electrons. The molecule has 0 fully saturated rings. The second-order valence-electron chi connectivity index (χ2n) is 9.29. The quantitative estimate of drug-likeness (QED) is 0.228. The average molecular weight is 486 g/mol. The Morgan fingerprint density at radius 2 is 1.86 bits per heavy atom. The number of benzene rings is 2. The highest BCUT2D eigenvalue weighted by molar-refractivity contribution is 6.32. The van der Waals surface area contributed by atoms with Crippen LogP contribution in [-0.2, 0) is 6.54 Å². The highest BCUT2D eigenvalue weighted by Gasteiger charge is 2.37. The molecule has 35 heavy (non-hydrogen) atoms. The fourth-order valence-electron chi connectivity index (χ4n) is 4.71. The average Bonchev–Trinajstić information content (AvgIpc) is 3.38. The van der Waals surface area contributed by atoms with E-state index in [2.05, 4.69) is 85.5 Å². The van der Waals surface area contributed by atoms with Crippen LogP contribution < -0.4 is 4.74 Å². The van der Waals surface area contributed by atoms with Crippen LogP contribution in [0.1, 0.15) is 40.4 Å². The van der Waals surface area contributed by atoms with E-state index in [1.807, 2.05) is 25.1 Å². The summed E-state index contributed by atoms with van der Waals surface area (Å²) < 4.78 is 8.55. The lowest BCUT2D eigenvalue weighted by Crippen LogP contribution is -2.34. The number of aldehydes is 1. The summed E-state index contributed by atoms with van der Waals surface area (Å²) in [6.45, 7) is 7.68. The highest BCUT2D eigenvalue weighted by Crippen LogP contribution is 2.44. The van der Waals surface area contributed by atoms with E-state index < -0.39 is 0 Å². The maximum Gasteiger partial charge on any atom is 0.150 e. The van der Waals surface area contributed by atoms with Gasteiger partial charge in [0.05, 0.1) is 5.02 Å². The van der Waals surface area contributed by atoms with Gasteiger partial charge in [-0.2, -0.15) is 0 Å². The van der Waals surface area contributed by atoms with Crippen LogP contribution in [0, 0.1) is 25.2 Å². The van der Waals surface area contributed by atoms with Crippen LogP contribution in [-0.4, -0.2) is 17.5 Å². The van der Waals surface area contributed by atoms with Gasteiger partial charge in [-0.3, -0.25) is 4.79 Å². The van der Waals surface area contributed by atoms with Gasteiger partial charge in [0.1, 0.15) is 18.6 Å². The number of nitrogens with zero attached hydrogens (tertiary/aromatic N) is 1. The first kappa shape index (κ1) is 24.8. The number of hydrogen-bond acceptors (Lipinski definition) is 2. The lowest BCUT2D eigenvalue weighted by molar-refractivity contribution is 0.112. The van der Waals surface area contributed by atoms with Crippen LogP contribution in [0.15, 0.2) is 91.3 Å². The first-order valence-corrected chi connectivity index (χ1v) is 12.4. The van der Waals surface area contributed by atoms with Crippen LogP contribution in [0.25, 0.3) is 5.57 Å². The molecule has 0 spiro atoms. The van der Waals surface area contributed by atoms with Crippen molar-refractivity contribution in [1.29, 1.82) is 0 Å². The molecule has 0 N–H and O–H groups in total. The SMILES string of the molecule is Cc1cc(OCC2(/C=C/CCn3cccc3)C=CC=C(c3ccccc3C)C2C)c(Cl)cc1C=O. The van der Waals surface area contributed by atoms with Gasteiger partial charge >= 0.3 is 0 Å². The van der Waals surface area contributed by atoms with Gasteiger partial charge in [-0.15, -0.1) is 0 Å². The zero-order valence-electron chi connectivity index (χ0n) is 20.6. The Balaban J connectivity index is 1.63. The van der Waals surface area contributed by atoms with Crippen molar-refractivity contribution in [3.05, 3.63) is 119 Å². The van der Waals surface area contributed by atoms with Crippen molar-refractivity contribution in [2.75, 3.05) is 6.61 Å². The summed E-state index contributed by atoms with van der Waals surface area (Å²) in [5.41, 5.74) is 4.90. The molecule has 1 heterocycles. The fourth-order valence-corrected chi connectivity index (χ4v) is 4.93. The van der Waals surface area contributed by atoms with Crippen molar-refractivity contribution >= 4 is 23.5 Å². The molecule has 0 saturated carbocycles. The van der Waals surface area contributed by atoms with Crippen molar-refractivity contribution in [1.82, 2.24) is 4.57 Å². The number of ether oxygens (including phenoxy) is 1. The van der Waals surface area contributed by atoms with Gasteiger partial charge in [0.25, 0.3) is 0 Å². The molecule has 0 amide bonds. The molecule has 2 atom stereocenters. The standard InChI is InChI=1S/C31H32ClNO2/c1-23-11-4-5-12-27(23)28-13-10-15-31(25(28)3,14-6-7-16-33-17-8-9-18-33)22-35-30-19-24(2)26(21-34)20-29(30)32/h4-6,8-15,17-21,25H,7,16,22H2,1-3H3/b14-6+. The number of rotatable bonds is 9. The summed E-state index contributed by atoms with van der Waals surface area (Å²) >= 11 is 6.47. The van der Waals surface area contributed by atoms with Crippen molar-refractivity contribution in [3.63, 3.8) is 0 Å². The van der Waals surface area contributed by atoms with Crippen molar-refractivity contribution < 1.29 is 9.53 Å². The Bertz CT molecular complexity index is 1270. The van der Waals surface area contributed by atoms with E-state index in [0.717, 1.165) is 24.8 Å². The van der Waals surface area contributed by atoms with Crippen LogP contribution in [0.4, 0.5) is 0 Å². The lowest BCUT2D eigenvalue weighted by atomic mass is 9.68. The third-order valence-corrected chi connectivity index (χ3v) is 7.28. The monoisotopic (exact) mass is 485 g/mol. The molecule has 1 aliphatic carbocycles. The van der Waals surface area contributed by atoms with Gasteiger partial charge in [-0.1, -0.05) is 73.2 Å². The Morgan fingerprint density at radius 1 is 1.09 bits per heavy atom. The van der Waals surface area contributed by atoms with E-state index >= 15 is 0 Å². The van der Waals surface area contributed by atoms with E-state index in [1.54, 1.807) is 6.07 Å². The van der Waals surface area contributed by atoms with Crippen molar-refractivity contribution in [2.24, 2.45) is 11.3 Å². The van der Waals surface area contributed by atoms with Gasteiger partial charge in [-0.05, 0) is 72.7 Å². The molecule has 2 unspecified atom stereocenters. The van der Waals surface area contributed by atoms with Gasteiger partial charge < -0.3 is 9.30 Å². The second kappa shape index (κ2) is 11.0. The van der Waals surface area contributed by atoms with Crippen LogP contribution in [0.2, 0.25) is 5.02 Å². The predicted molar refractivity (Wildman–Crippen MR) is 145 cm³/mol. The molecule has 4 rings (SSSR count). The number of carbonyl (C=O) groups excluding carboxylic acids is 1. The first-order chi connectivity index (χ1) is 16.9. The number of hydrogen-bond donors (Lipinski definition) is 0. The van der Waals surface area contributed by atoms with E-state index in [-0.39, 0.29) is 11.3 Å². The first-order valence-electron chi connectivity index (χ1n) is 12.1. The molecule has 2 aromatic carbocycles. The minimum absolute atomic E-state index is 0.186. The summed E-state index contributed by atoms with van der Waals surface area (Å²) in [7, 11) is 0. The summed E-state index contributed by atoms with van der Waals surface area (Å²) in [5, 5.41) is 0.451. The lowest BCUT2D eigenvalue weighted by Gasteiger charge is -2.38. The van der Waals surface area contributed by atoms with Crippen molar-refractivity contribution in [3.8, 4) is 5.75 Å². The molecule has 3 aromatic rings. The molecule has 0 aliphatic heterocycles. The van der Waals surface area contributed by atoms with Gasteiger partial charge in [0, 0.05) is 29.9 Å². The van der Waals surface area contributed by atoms with Crippen LogP contribution in [0.5, 0.6) is 5.75 Å². The largest absolute Gasteiger partial charge is 0.491 e. The number of halogens is 1. The molecular weight excluding hydrogens is 454 g/mol. The minimum atomic E-state index is -0.344. The Labute approximate surface area is 213 Å². The Morgan fingerprint density at radius 3 is 2.60 bits per heavy atom. The zero-order chi connectivity index (χ0) is 24.8. The maximum absolute atomic E-state index is 11.3. The number of carbonyl (C=O) groups is 1. The summed E-state index contributed by atoms with van der Waals surface area (Å²) in [5.74, 6) is 0.785. The summed E-state index contributed by atoms with van der Waals surface area (Å²) in [6.07, 6.45) is 17.1. The van der Waals surface area contributed by atoms with E-state index in [1.165, 1.54) is 16.7 Å². The van der Waals surface area contributed by atoms with E-state index in [4.69, 9.17) is 16.3 Å². The number of aryl methyl sites for hydroxylation is 3. The predicted octanol–water partition coefficient (Wildman–Crippen LogP) is 7.87. The Hall–Kier alpha value is -3.30. The highest BCUT2D eigenvalue weighted by atomic mass is 35.5. The summed E-state index contributed by atoms with van der Waals surface area (Å²) in [4.78, 5) is 11.3. The zero-order valence-corrected chi connectivity index (χ0v) is 21.3. The number of aromatic nitrogens is 1. The molecule has 0 bridgehead atoms. The topological polar surface area (TPSA) is 31.2 Å². The normalized spacial score (nSPS) is 19.7. The van der Waals surface area contributed by atoms with Crippen LogP contribution >= 0.6 is 11.6 Å². The van der Waals surface area contributed by atoms with E-state index in [0.29, 0.717) is 22.9 Å². The smallest absolute Gasteiger partial charge is 0.150 e. The second-order valence-corrected chi connectivity index (χ2v) is 9.69. The molecular formula is C31H32ClNO2. The van der Waals surface area contributed by atoms with E-state index in [9.17, 15) is 4.79 Å². The van der Waals surface area contributed by atoms with Gasteiger partial charge in [-0.25, -0.2) is 0 Å². The van der Waals surface area contributed by atoms with Crippen LogP contribution in [0.3, 0.4) is 0 Å². The fraction of sp³-hybridized carbons (Fsp3) is 0.258. The number of allylic oxidation sites excluding steroid dienone is 4. The van der Waals surface area contributed by atoms with Gasteiger partial charge in [0.2, 0.25) is 0 Å². The molecule has 4 heteroatoms. The molecule has 180 valence electrons. The minimum Gasteiger partial charge on any atom is -0.491 e. The molecule has 1 aliphatic rings. The summed E-state index contributed by atoms with van der Waals surface area (Å²) in [6, 6.07) is 16.1. The molecule has 0 saturated heterocycles.